The van der Waals surface area contributed by atoms with Crippen molar-refractivity contribution < 1.29 is 14.6 Å². The molecule has 0 amide bonds. The lowest BCUT2D eigenvalue weighted by Crippen LogP contribution is -2.23. The van der Waals surface area contributed by atoms with Crippen LogP contribution in [0.15, 0.2) is 18.2 Å². The van der Waals surface area contributed by atoms with Crippen molar-refractivity contribution in [2.45, 2.75) is 38.5 Å². The standard InChI is InChI=1S/C15H20O3/c1-10-6-7-14(18-2)13(8-10)12(9-15(16)17)11-4-3-5-11/h6-8,11-12H,3-5,9H2,1-2H3,(H,16,17). The van der Waals surface area contributed by atoms with Crippen LogP contribution in [0.1, 0.15) is 42.7 Å². The van der Waals surface area contributed by atoms with E-state index in [0.717, 1.165) is 29.7 Å². The highest BCUT2D eigenvalue weighted by atomic mass is 16.5. The van der Waals surface area contributed by atoms with Crippen molar-refractivity contribution in [2.75, 3.05) is 7.11 Å². The molecule has 3 nitrogen and oxygen atoms in total. The molecule has 98 valence electrons. The molecule has 0 spiro atoms. The first kappa shape index (κ1) is 12.9. The van der Waals surface area contributed by atoms with Crippen molar-refractivity contribution in [3.8, 4) is 5.75 Å². The molecular weight excluding hydrogens is 228 g/mol. The summed E-state index contributed by atoms with van der Waals surface area (Å²) in [6.07, 6.45) is 3.68. The van der Waals surface area contributed by atoms with E-state index >= 15 is 0 Å². The van der Waals surface area contributed by atoms with E-state index in [1.165, 1.54) is 6.42 Å². The van der Waals surface area contributed by atoms with Crippen molar-refractivity contribution in [3.63, 3.8) is 0 Å². The van der Waals surface area contributed by atoms with Gasteiger partial charge >= 0.3 is 5.97 Å². The van der Waals surface area contributed by atoms with Crippen LogP contribution in [0.5, 0.6) is 5.75 Å². The summed E-state index contributed by atoms with van der Waals surface area (Å²) in [7, 11) is 1.65. The number of benzene rings is 1. The fraction of sp³-hybridized carbons (Fsp3) is 0.533. The fourth-order valence-corrected chi connectivity index (χ4v) is 2.70. The molecule has 1 unspecified atom stereocenters. The zero-order valence-corrected chi connectivity index (χ0v) is 11.0. The van der Waals surface area contributed by atoms with Crippen LogP contribution >= 0.6 is 0 Å². The molecule has 0 saturated heterocycles. The van der Waals surface area contributed by atoms with E-state index in [4.69, 9.17) is 9.84 Å². The molecule has 0 bridgehead atoms. The maximum atomic E-state index is 11.1. The quantitative estimate of drug-likeness (QED) is 0.869. The van der Waals surface area contributed by atoms with Gasteiger partial charge in [0.15, 0.2) is 0 Å². The highest BCUT2D eigenvalue weighted by Crippen LogP contribution is 2.44. The second kappa shape index (κ2) is 5.42. The number of methoxy groups -OCH3 is 1. The summed E-state index contributed by atoms with van der Waals surface area (Å²) < 4.78 is 5.39. The molecule has 0 heterocycles. The molecule has 1 saturated carbocycles. The Kier molecular flexibility index (Phi) is 3.90. The molecule has 1 fully saturated rings. The molecular formula is C15H20O3. The van der Waals surface area contributed by atoms with Crippen LogP contribution < -0.4 is 4.74 Å². The minimum atomic E-state index is -0.726. The van der Waals surface area contributed by atoms with E-state index in [-0.39, 0.29) is 12.3 Å². The molecule has 2 rings (SSSR count). The van der Waals surface area contributed by atoms with Gasteiger partial charge in [-0.2, -0.15) is 0 Å². The first-order valence-electron chi connectivity index (χ1n) is 6.48. The van der Waals surface area contributed by atoms with Crippen molar-refractivity contribution in [1.29, 1.82) is 0 Å². The number of rotatable bonds is 5. The summed E-state index contributed by atoms with van der Waals surface area (Å²) >= 11 is 0. The van der Waals surface area contributed by atoms with Gasteiger partial charge in [0.2, 0.25) is 0 Å². The maximum absolute atomic E-state index is 11.1. The lowest BCUT2D eigenvalue weighted by molar-refractivity contribution is -0.138. The monoisotopic (exact) mass is 248 g/mol. The number of carbonyl (C=O) groups is 1. The van der Waals surface area contributed by atoms with Gasteiger partial charge in [-0.05, 0) is 37.3 Å². The summed E-state index contributed by atoms with van der Waals surface area (Å²) in [5, 5.41) is 9.11. The summed E-state index contributed by atoms with van der Waals surface area (Å²) in [5.41, 5.74) is 2.21. The molecule has 3 heteroatoms. The average Bonchev–Trinajstić information content (AvgIpc) is 2.25. The van der Waals surface area contributed by atoms with Gasteiger partial charge < -0.3 is 9.84 Å². The summed E-state index contributed by atoms with van der Waals surface area (Å²) in [6.45, 7) is 2.03. The number of carboxylic acid groups (broad SMARTS) is 1. The molecule has 1 aliphatic carbocycles. The van der Waals surface area contributed by atoms with Crippen molar-refractivity contribution in [3.05, 3.63) is 29.3 Å². The Balaban J connectivity index is 2.33. The molecule has 1 aromatic rings. The molecule has 1 N–H and O–H groups in total. The topological polar surface area (TPSA) is 46.5 Å². The van der Waals surface area contributed by atoms with Crippen LogP contribution in [0.25, 0.3) is 0 Å². The molecule has 1 atom stereocenters. The minimum Gasteiger partial charge on any atom is -0.496 e. The zero-order chi connectivity index (χ0) is 13.1. The third-order valence-electron chi connectivity index (χ3n) is 3.90. The number of hydrogen-bond donors (Lipinski definition) is 1. The zero-order valence-electron chi connectivity index (χ0n) is 11.0. The van der Waals surface area contributed by atoms with Crippen molar-refractivity contribution in [2.24, 2.45) is 5.92 Å². The molecule has 0 aliphatic heterocycles. The number of aliphatic carboxylic acids is 1. The second-order valence-electron chi connectivity index (χ2n) is 5.14. The van der Waals surface area contributed by atoms with Crippen LogP contribution in [-0.4, -0.2) is 18.2 Å². The molecule has 1 aliphatic rings. The third kappa shape index (κ3) is 2.66. The van der Waals surface area contributed by atoms with Gasteiger partial charge in [0.25, 0.3) is 0 Å². The highest BCUT2D eigenvalue weighted by Gasteiger charge is 2.32. The second-order valence-corrected chi connectivity index (χ2v) is 5.14. The summed E-state index contributed by atoms with van der Waals surface area (Å²) in [6, 6.07) is 6.02. The minimum absolute atomic E-state index is 0.0890. The van der Waals surface area contributed by atoms with Crippen molar-refractivity contribution in [1.82, 2.24) is 0 Å². The number of ether oxygens (including phenoxy) is 1. The van der Waals surface area contributed by atoms with Gasteiger partial charge in [0.05, 0.1) is 13.5 Å². The van der Waals surface area contributed by atoms with E-state index in [1.807, 2.05) is 19.1 Å². The van der Waals surface area contributed by atoms with Crippen LogP contribution in [0.4, 0.5) is 0 Å². The highest BCUT2D eigenvalue weighted by molar-refractivity contribution is 5.68. The lowest BCUT2D eigenvalue weighted by Gasteiger charge is -2.34. The summed E-state index contributed by atoms with van der Waals surface area (Å²) in [4.78, 5) is 11.1. The molecule has 0 radical (unpaired) electrons. The third-order valence-corrected chi connectivity index (χ3v) is 3.90. The van der Waals surface area contributed by atoms with Crippen LogP contribution in [0, 0.1) is 12.8 Å². The Labute approximate surface area is 108 Å². The fourth-order valence-electron chi connectivity index (χ4n) is 2.70. The summed E-state index contributed by atoms with van der Waals surface area (Å²) in [5.74, 6) is 0.678. The predicted molar refractivity (Wildman–Crippen MR) is 70.1 cm³/mol. The Bertz CT molecular complexity index is 435. The Hall–Kier alpha value is -1.51. The van der Waals surface area contributed by atoms with E-state index in [9.17, 15) is 4.79 Å². The number of hydrogen-bond acceptors (Lipinski definition) is 2. The lowest BCUT2D eigenvalue weighted by atomic mass is 9.71. The largest absolute Gasteiger partial charge is 0.496 e. The van der Waals surface area contributed by atoms with E-state index in [2.05, 4.69) is 6.07 Å². The first-order chi connectivity index (χ1) is 8.61. The van der Waals surface area contributed by atoms with E-state index in [0.29, 0.717) is 5.92 Å². The van der Waals surface area contributed by atoms with Gasteiger partial charge in [0.1, 0.15) is 5.75 Å². The molecule has 18 heavy (non-hydrogen) atoms. The molecule has 1 aromatic carbocycles. The SMILES string of the molecule is COc1ccc(C)cc1C(CC(=O)O)C1CCC1. The van der Waals surface area contributed by atoms with E-state index in [1.54, 1.807) is 7.11 Å². The molecule has 0 aromatic heterocycles. The van der Waals surface area contributed by atoms with Crippen molar-refractivity contribution >= 4 is 5.97 Å². The number of aryl methyl sites for hydroxylation is 1. The Morgan fingerprint density at radius 3 is 2.72 bits per heavy atom. The Morgan fingerprint density at radius 1 is 1.50 bits per heavy atom. The van der Waals surface area contributed by atoms with Gasteiger partial charge in [-0.1, -0.05) is 24.1 Å². The Morgan fingerprint density at radius 2 is 2.22 bits per heavy atom. The maximum Gasteiger partial charge on any atom is 0.303 e. The normalized spacial score (nSPS) is 17.0. The van der Waals surface area contributed by atoms with Crippen LogP contribution in [0.2, 0.25) is 0 Å². The smallest absolute Gasteiger partial charge is 0.303 e. The predicted octanol–water partition coefficient (Wildman–Crippen LogP) is 3.36. The van der Waals surface area contributed by atoms with Gasteiger partial charge in [-0.25, -0.2) is 0 Å². The van der Waals surface area contributed by atoms with Gasteiger partial charge in [-0.15, -0.1) is 0 Å². The van der Waals surface area contributed by atoms with E-state index < -0.39 is 5.97 Å². The van der Waals surface area contributed by atoms with Gasteiger partial charge in [-0.3, -0.25) is 4.79 Å². The average molecular weight is 248 g/mol. The number of carboxylic acids is 1. The van der Waals surface area contributed by atoms with Crippen LogP contribution in [0.3, 0.4) is 0 Å². The van der Waals surface area contributed by atoms with Gasteiger partial charge in [0, 0.05) is 5.92 Å². The van der Waals surface area contributed by atoms with Crippen LogP contribution in [-0.2, 0) is 4.79 Å². The first-order valence-corrected chi connectivity index (χ1v) is 6.48.